The summed E-state index contributed by atoms with van der Waals surface area (Å²) in [5.41, 5.74) is 5.79. The SMILES string of the molecule is Cn1c(=O)n(C)c2cc(C=NNc3ccc([N+](=O)[O-])cc3)c(Br)cc21. The molecule has 128 valence electrons. The van der Waals surface area contributed by atoms with Crippen LogP contribution in [0.5, 0.6) is 0 Å². The lowest BCUT2D eigenvalue weighted by atomic mass is 10.2. The van der Waals surface area contributed by atoms with E-state index in [1.54, 1.807) is 41.6 Å². The van der Waals surface area contributed by atoms with Gasteiger partial charge in [-0.25, -0.2) is 4.79 Å². The topological polar surface area (TPSA) is 94.5 Å². The summed E-state index contributed by atoms with van der Waals surface area (Å²) >= 11 is 3.48. The molecule has 0 atom stereocenters. The van der Waals surface area contributed by atoms with Crippen molar-refractivity contribution in [2.75, 3.05) is 5.43 Å². The van der Waals surface area contributed by atoms with Crippen molar-refractivity contribution in [3.05, 3.63) is 67.0 Å². The van der Waals surface area contributed by atoms with E-state index < -0.39 is 4.92 Å². The average molecular weight is 404 g/mol. The highest BCUT2D eigenvalue weighted by molar-refractivity contribution is 9.10. The van der Waals surface area contributed by atoms with E-state index in [-0.39, 0.29) is 11.4 Å². The summed E-state index contributed by atoms with van der Waals surface area (Å²) < 4.78 is 3.95. The smallest absolute Gasteiger partial charge is 0.295 e. The number of nitrogens with zero attached hydrogens (tertiary/aromatic N) is 4. The molecular weight excluding hydrogens is 390 g/mol. The van der Waals surface area contributed by atoms with Crippen LogP contribution in [0.15, 0.2) is 50.8 Å². The van der Waals surface area contributed by atoms with E-state index in [2.05, 4.69) is 26.5 Å². The third-order valence-electron chi connectivity index (χ3n) is 3.87. The Balaban J connectivity index is 1.86. The van der Waals surface area contributed by atoms with Gasteiger partial charge in [0.2, 0.25) is 0 Å². The van der Waals surface area contributed by atoms with Gasteiger partial charge in [-0.15, -0.1) is 0 Å². The number of aromatic nitrogens is 2. The van der Waals surface area contributed by atoms with Crippen molar-refractivity contribution in [3.63, 3.8) is 0 Å². The normalized spacial score (nSPS) is 11.3. The van der Waals surface area contributed by atoms with Gasteiger partial charge in [0.1, 0.15) is 0 Å². The van der Waals surface area contributed by atoms with Crippen LogP contribution < -0.4 is 11.1 Å². The molecule has 0 amide bonds. The number of hydrazone groups is 1. The van der Waals surface area contributed by atoms with E-state index in [0.29, 0.717) is 5.69 Å². The highest BCUT2D eigenvalue weighted by Gasteiger charge is 2.10. The van der Waals surface area contributed by atoms with E-state index in [1.807, 2.05) is 12.1 Å². The molecule has 3 rings (SSSR count). The number of non-ortho nitro benzene ring substituents is 1. The van der Waals surface area contributed by atoms with Gasteiger partial charge in [0, 0.05) is 36.3 Å². The lowest BCUT2D eigenvalue weighted by Gasteiger charge is -2.03. The van der Waals surface area contributed by atoms with Crippen LogP contribution in [0.2, 0.25) is 0 Å². The maximum Gasteiger partial charge on any atom is 0.328 e. The van der Waals surface area contributed by atoms with E-state index in [0.717, 1.165) is 21.1 Å². The lowest BCUT2D eigenvalue weighted by molar-refractivity contribution is -0.384. The fourth-order valence-electron chi connectivity index (χ4n) is 2.47. The first-order valence-corrected chi connectivity index (χ1v) is 8.06. The first-order chi connectivity index (χ1) is 11.9. The molecule has 1 aromatic heterocycles. The molecule has 9 heteroatoms. The molecule has 0 saturated heterocycles. The average Bonchev–Trinajstić information content (AvgIpc) is 2.80. The number of imidazole rings is 1. The third-order valence-corrected chi connectivity index (χ3v) is 4.55. The van der Waals surface area contributed by atoms with Gasteiger partial charge >= 0.3 is 5.69 Å². The second kappa shape index (κ2) is 6.52. The van der Waals surface area contributed by atoms with Crippen LogP contribution in [-0.2, 0) is 14.1 Å². The number of anilines is 1. The number of aryl methyl sites for hydroxylation is 2. The van der Waals surface area contributed by atoms with Crippen LogP contribution in [0, 0.1) is 10.1 Å². The maximum atomic E-state index is 12.0. The zero-order valence-electron chi connectivity index (χ0n) is 13.4. The van der Waals surface area contributed by atoms with Crippen molar-refractivity contribution in [1.82, 2.24) is 9.13 Å². The predicted molar refractivity (Wildman–Crippen MR) is 100 cm³/mol. The van der Waals surface area contributed by atoms with Crippen LogP contribution in [-0.4, -0.2) is 20.3 Å². The number of fused-ring (bicyclic) bond motifs is 1. The molecule has 0 aliphatic carbocycles. The summed E-state index contributed by atoms with van der Waals surface area (Å²) in [6, 6.07) is 9.69. The first kappa shape index (κ1) is 16.9. The molecular formula is C16H14BrN5O3. The van der Waals surface area contributed by atoms with Crippen LogP contribution in [0.3, 0.4) is 0 Å². The number of rotatable bonds is 4. The summed E-state index contributed by atoms with van der Waals surface area (Å²) in [5, 5.41) is 14.8. The first-order valence-electron chi connectivity index (χ1n) is 7.27. The Morgan fingerprint density at radius 1 is 1.16 bits per heavy atom. The minimum absolute atomic E-state index is 0.0210. The number of hydrogen-bond donors (Lipinski definition) is 1. The Morgan fingerprint density at radius 2 is 1.76 bits per heavy atom. The summed E-state index contributed by atoms with van der Waals surface area (Å²) in [4.78, 5) is 22.2. The molecule has 0 bridgehead atoms. The van der Waals surface area contributed by atoms with Gasteiger partial charge in [-0.3, -0.25) is 24.7 Å². The van der Waals surface area contributed by atoms with Gasteiger partial charge in [0.15, 0.2) is 0 Å². The molecule has 0 unspecified atom stereocenters. The second-order valence-corrected chi connectivity index (χ2v) is 6.29. The van der Waals surface area contributed by atoms with Gasteiger partial charge in [-0.05, 0) is 24.3 Å². The molecule has 25 heavy (non-hydrogen) atoms. The van der Waals surface area contributed by atoms with Crippen molar-refractivity contribution in [1.29, 1.82) is 0 Å². The number of nitro groups is 1. The van der Waals surface area contributed by atoms with Crippen molar-refractivity contribution in [3.8, 4) is 0 Å². The Morgan fingerprint density at radius 3 is 2.36 bits per heavy atom. The highest BCUT2D eigenvalue weighted by atomic mass is 79.9. The van der Waals surface area contributed by atoms with Crippen molar-refractivity contribution < 1.29 is 4.92 Å². The Labute approximate surface area is 150 Å². The van der Waals surface area contributed by atoms with E-state index in [1.165, 1.54) is 12.1 Å². The van der Waals surface area contributed by atoms with Crippen LogP contribution in [0.4, 0.5) is 11.4 Å². The standard InChI is InChI=1S/C16H14BrN5O3/c1-20-14-7-10(13(17)8-15(14)21(2)16(20)23)9-18-19-11-3-5-12(6-4-11)22(24)25/h3-9,19H,1-2H3. The van der Waals surface area contributed by atoms with Gasteiger partial charge in [-0.2, -0.15) is 5.10 Å². The molecule has 1 N–H and O–H groups in total. The molecule has 3 aromatic rings. The van der Waals surface area contributed by atoms with Gasteiger partial charge in [-0.1, -0.05) is 15.9 Å². The summed E-state index contributed by atoms with van der Waals surface area (Å²) in [7, 11) is 3.44. The zero-order valence-corrected chi connectivity index (χ0v) is 15.0. The Hall–Kier alpha value is -2.94. The lowest BCUT2D eigenvalue weighted by Crippen LogP contribution is -2.19. The van der Waals surface area contributed by atoms with Crippen molar-refractivity contribution >= 4 is 44.6 Å². The minimum atomic E-state index is -0.455. The van der Waals surface area contributed by atoms with Crippen LogP contribution in [0.1, 0.15) is 5.56 Å². The summed E-state index contributed by atoms with van der Waals surface area (Å²) in [5.74, 6) is 0. The number of nitrogens with one attached hydrogen (secondary N) is 1. The molecule has 0 radical (unpaired) electrons. The van der Waals surface area contributed by atoms with Gasteiger partial charge in [0.25, 0.3) is 5.69 Å². The quantitative estimate of drug-likeness (QED) is 0.411. The fourth-order valence-corrected chi connectivity index (χ4v) is 2.90. The third kappa shape index (κ3) is 3.18. The Kier molecular flexibility index (Phi) is 4.41. The summed E-state index contributed by atoms with van der Waals surface area (Å²) in [6.45, 7) is 0. The monoisotopic (exact) mass is 403 g/mol. The molecule has 1 heterocycles. The molecule has 8 nitrogen and oxygen atoms in total. The van der Waals surface area contributed by atoms with E-state index >= 15 is 0 Å². The number of halogens is 1. The van der Waals surface area contributed by atoms with Crippen LogP contribution in [0.25, 0.3) is 11.0 Å². The van der Waals surface area contributed by atoms with E-state index in [4.69, 9.17) is 0 Å². The number of nitro benzene ring substituents is 1. The number of benzene rings is 2. The molecule has 0 aliphatic heterocycles. The largest absolute Gasteiger partial charge is 0.328 e. The van der Waals surface area contributed by atoms with Crippen molar-refractivity contribution in [2.45, 2.75) is 0 Å². The minimum Gasteiger partial charge on any atom is -0.295 e. The fraction of sp³-hybridized carbons (Fsp3) is 0.125. The summed E-state index contributed by atoms with van der Waals surface area (Å²) in [6.07, 6.45) is 1.61. The molecule has 0 aliphatic rings. The van der Waals surface area contributed by atoms with Crippen LogP contribution >= 0.6 is 15.9 Å². The van der Waals surface area contributed by atoms with Gasteiger partial charge in [0.05, 0.1) is 27.9 Å². The highest BCUT2D eigenvalue weighted by Crippen LogP contribution is 2.22. The zero-order chi connectivity index (χ0) is 18.1. The van der Waals surface area contributed by atoms with Crippen molar-refractivity contribution in [2.24, 2.45) is 19.2 Å². The molecule has 0 spiro atoms. The molecule has 0 saturated carbocycles. The number of hydrogen-bond acceptors (Lipinski definition) is 5. The maximum absolute atomic E-state index is 12.0. The molecule has 0 fully saturated rings. The van der Waals surface area contributed by atoms with E-state index in [9.17, 15) is 14.9 Å². The Bertz CT molecular complexity index is 1050. The predicted octanol–water partition coefficient (Wildman–Crippen LogP) is 2.99. The van der Waals surface area contributed by atoms with Gasteiger partial charge < -0.3 is 0 Å². The second-order valence-electron chi connectivity index (χ2n) is 5.44. The molecule has 2 aromatic carbocycles.